The maximum atomic E-state index is 11.3. The molecule has 1 atom stereocenters. The van der Waals surface area contributed by atoms with Gasteiger partial charge in [-0.25, -0.2) is 0 Å². The highest BCUT2D eigenvalue weighted by molar-refractivity contribution is 5.93. The third kappa shape index (κ3) is 13.4. The van der Waals surface area contributed by atoms with Crippen molar-refractivity contribution in [3.63, 3.8) is 0 Å². The summed E-state index contributed by atoms with van der Waals surface area (Å²) in [5.74, 6) is -2.69. The molecule has 0 aromatic heterocycles. The zero-order chi connectivity index (χ0) is 18.0. The van der Waals surface area contributed by atoms with Crippen LogP contribution < -0.4 is 0 Å². The van der Waals surface area contributed by atoms with Gasteiger partial charge in [0.2, 0.25) is 0 Å². The number of aliphatic carboxylic acids is 1. The number of carboxylic acids is 1. The lowest BCUT2D eigenvalue weighted by Crippen LogP contribution is -2.24. The van der Waals surface area contributed by atoms with E-state index in [1.54, 1.807) is 0 Å². The van der Waals surface area contributed by atoms with E-state index < -0.39 is 17.9 Å². The fraction of sp³-hybridized carbons (Fsp3) is 0.900. The Kier molecular flexibility index (Phi) is 16.0. The van der Waals surface area contributed by atoms with Crippen LogP contribution in [0.2, 0.25) is 0 Å². The van der Waals surface area contributed by atoms with E-state index in [1.165, 1.54) is 77.7 Å². The number of methoxy groups -OCH3 is 1. The predicted octanol–water partition coefficient (Wildman–Crippen LogP) is 5.73. The Hall–Kier alpha value is -1.06. The number of unbranched alkanes of at least 4 members (excludes halogenated alkanes) is 13. The maximum absolute atomic E-state index is 11.3. The molecule has 1 unspecified atom stereocenters. The van der Waals surface area contributed by atoms with E-state index in [0.717, 1.165) is 19.3 Å². The van der Waals surface area contributed by atoms with Gasteiger partial charge in [0.25, 0.3) is 0 Å². The fourth-order valence-electron chi connectivity index (χ4n) is 3.03. The number of rotatable bonds is 17. The number of hydrogen-bond acceptors (Lipinski definition) is 3. The molecule has 0 heterocycles. The Labute approximate surface area is 148 Å². The average molecular weight is 343 g/mol. The van der Waals surface area contributed by atoms with E-state index in [4.69, 9.17) is 5.11 Å². The highest BCUT2D eigenvalue weighted by Gasteiger charge is 2.26. The van der Waals surface area contributed by atoms with Crippen LogP contribution in [-0.2, 0) is 14.3 Å². The summed E-state index contributed by atoms with van der Waals surface area (Å²) in [5, 5.41) is 8.98. The number of carboxylic acid groups (broad SMARTS) is 1. The molecule has 24 heavy (non-hydrogen) atoms. The van der Waals surface area contributed by atoms with Crippen LogP contribution in [0.5, 0.6) is 0 Å². The van der Waals surface area contributed by atoms with Crippen LogP contribution in [0.3, 0.4) is 0 Å². The second-order valence-electron chi connectivity index (χ2n) is 6.80. The van der Waals surface area contributed by atoms with Gasteiger partial charge in [-0.15, -0.1) is 0 Å². The molecule has 4 heteroatoms. The van der Waals surface area contributed by atoms with Gasteiger partial charge in [-0.3, -0.25) is 9.59 Å². The standard InChI is InChI=1S/C20H38O4/c1-3-4-5-6-7-8-9-10-11-12-13-14-15-16-17-18(19(21)22)20(23)24-2/h18H,3-17H2,1-2H3,(H,21,22). The van der Waals surface area contributed by atoms with Crippen LogP contribution in [0.25, 0.3) is 0 Å². The molecule has 1 N–H and O–H groups in total. The molecule has 0 amide bonds. The summed E-state index contributed by atoms with van der Waals surface area (Å²) in [6, 6.07) is 0. The Balaban J connectivity index is 3.33. The Morgan fingerprint density at radius 1 is 0.750 bits per heavy atom. The molecule has 0 radical (unpaired) electrons. The minimum absolute atomic E-state index is 0.389. The van der Waals surface area contributed by atoms with Crippen molar-refractivity contribution in [1.29, 1.82) is 0 Å². The first kappa shape index (κ1) is 22.9. The summed E-state index contributed by atoms with van der Waals surface area (Å²) in [4.78, 5) is 22.3. The van der Waals surface area contributed by atoms with Gasteiger partial charge in [-0.1, -0.05) is 96.8 Å². The quantitative estimate of drug-likeness (QED) is 0.208. The molecule has 0 aliphatic carbocycles. The number of esters is 1. The summed E-state index contributed by atoms with van der Waals surface area (Å²) in [5.41, 5.74) is 0. The zero-order valence-corrected chi connectivity index (χ0v) is 15.9. The molecule has 0 aromatic rings. The van der Waals surface area contributed by atoms with Crippen molar-refractivity contribution in [2.75, 3.05) is 7.11 Å². The number of carbonyl (C=O) groups is 2. The molecule has 0 fully saturated rings. The third-order valence-corrected chi connectivity index (χ3v) is 4.63. The zero-order valence-electron chi connectivity index (χ0n) is 15.9. The second-order valence-corrected chi connectivity index (χ2v) is 6.80. The minimum atomic E-state index is -1.07. The number of ether oxygens (including phenoxy) is 1. The molecule has 0 aliphatic rings. The van der Waals surface area contributed by atoms with Crippen LogP contribution in [0.1, 0.15) is 103 Å². The van der Waals surface area contributed by atoms with Gasteiger partial charge < -0.3 is 9.84 Å². The molecule has 142 valence electrons. The molecule has 0 saturated heterocycles. The summed E-state index contributed by atoms with van der Waals surface area (Å²) >= 11 is 0. The van der Waals surface area contributed by atoms with Crippen molar-refractivity contribution < 1.29 is 19.4 Å². The minimum Gasteiger partial charge on any atom is -0.481 e. The lowest BCUT2D eigenvalue weighted by Gasteiger charge is -2.09. The van der Waals surface area contributed by atoms with Crippen molar-refractivity contribution in [3.8, 4) is 0 Å². The summed E-state index contributed by atoms with van der Waals surface area (Å²) in [6.45, 7) is 2.25. The monoisotopic (exact) mass is 342 g/mol. The lowest BCUT2D eigenvalue weighted by molar-refractivity contribution is -0.157. The largest absolute Gasteiger partial charge is 0.481 e. The SMILES string of the molecule is CCCCCCCCCCCCCCCCC(C(=O)O)C(=O)OC. The fourth-order valence-corrected chi connectivity index (χ4v) is 3.03. The third-order valence-electron chi connectivity index (χ3n) is 4.63. The molecular weight excluding hydrogens is 304 g/mol. The average Bonchev–Trinajstić information content (AvgIpc) is 2.57. The van der Waals surface area contributed by atoms with Crippen LogP contribution in [0, 0.1) is 5.92 Å². The van der Waals surface area contributed by atoms with E-state index in [2.05, 4.69) is 11.7 Å². The molecular formula is C20H38O4. The topological polar surface area (TPSA) is 63.6 Å². The normalized spacial score (nSPS) is 12.1. The predicted molar refractivity (Wildman–Crippen MR) is 98.1 cm³/mol. The van der Waals surface area contributed by atoms with E-state index in [-0.39, 0.29) is 0 Å². The first-order chi connectivity index (χ1) is 11.6. The maximum Gasteiger partial charge on any atom is 0.320 e. The molecule has 0 saturated carbocycles. The van der Waals surface area contributed by atoms with Gasteiger partial charge in [-0.2, -0.15) is 0 Å². The Bertz CT molecular complexity index is 315. The van der Waals surface area contributed by atoms with Crippen molar-refractivity contribution >= 4 is 11.9 Å². The molecule has 0 aromatic carbocycles. The van der Waals surface area contributed by atoms with E-state index >= 15 is 0 Å². The van der Waals surface area contributed by atoms with Crippen molar-refractivity contribution in [1.82, 2.24) is 0 Å². The van der Waals surface area contributed by atoms with Crippen molar-refractivity contribution in [2.45, 2.75) is 103 Å². The highest BCUT2D eigenvalue weighted by Crippen LogP contribution is 2.15. The van der Waals surface area contributed by atoms with Gasteiger partial charge in [0, 0.05) is 0 Å². The van der Waals surface area contributed by atoms with Gasteiger partial charge in [0.05, 0.1) is 7.11 Å². The Morgan fingerprint density at radius 2 is 1.12 bits per heavy atom. The van der Waals surface area contributed by atoms with E-state index in [9.17, 15) is 9.59 Å². The van der Waals surface area contributed by atoms with Gasteiger partial charge in [0.15, 0.2) is 5.92 Å². The lowest BCUT2D eigenvalue weighted by atomic mass is 10.00. The smallest absolute Gasteiger partial charge is 0.320 e. The van der Waals surface area contributed by atoms with Crippen molar-refractivity contribution in [3.05, 3.63) is 0 Å². The molecule has 0 rings (SSSR count). The molecule has 0 spiro atoms. The first-order valence-electron chi connectivity index (χ1n) is 9.94. The van der Waals surface area contributed by atoms with Gasteiger partial charge in [0.1, 0.15) is 0 Å². The summed E-state index contributed by atoms with van der Waals surface area (Å²) in [6.07, 6.45) is 18.1. The first-order valence-corrected chi connectivity index (χ1v) is 9.94. The highest BCUT2D eigenvalue weighted by atomic mass is 16.5. The van der Waals surface area contributed by atoms with E-state index in [1.807, 2.05) is 0 Å². The van der Waals surface area contributed by atoms with Crippen LogP contribution in [0.4, 0.5) is 0 Å². The number of hydrogen-bond donors (Lipinski definition) is 1. The van der Waals surface area contributed by atoms with E-state index in [0.29, 0.717) is 6.42 Å². The van der Waals surface area contributed by atoms with Crippen LogP contribution in [0.15, 0.2) is 0 Å². The molecule has 4 nitrogen and oxygen atoms in total. The van der Waals surface area contributed by atoms with Gasteiger partial charge >= 0.3 is 11.9 Å². The summed E-state index contributed by atoms with van der Waals surface area (Å²) < 4.78 is 4.52. The molecule has 0 aliphatic heterocycles. The number of carbonyl (C=O) groups excluding carboxylic acids is 1. The molecule has 0 bridgehead atoms. The van der Waals surface area contributed by atoms with Gasteiger partial charge in [-0.05, 0) is 6.42 Å². The second kappa shape index (κ2) is 16.8. The van der Waals surface area contributed by atoms with Crippen LogP contribution in [-0.4, -0.2) is 24.2 Å². The Morgan fingerprint density at radius 3 is 1.46 bits per heavy atom. The summed E-state index contributed by atoms with van der Waals surface area (Å²) in [7, 11) is 1.24. The van der Waals surface area contributed by atoms with Crippen LogP contribution >= 0.6 is 0 Å². The van der Waals surface area contributed by atoms with Crippen molar-refractivity contribution in [2.24, 2.45) is 5.92 Å².